The number of benzene rings is 3. The summed E-state index contributed by atoms with van der Waals surface area (Å²) in [5.74, 6) is 0.664. The van der Waals surface area contributed by atoms with E-state index in [2.05, 4.69) is 113 Å². The molecular formula is C31H36NOP. The second-order valence-corrected chi connectivity index (χ2v) is 13.0. The number of hydrogen-bond acceptors (Lipinski definition) is 2. The molecule has 2 aliphatic carbocycles. The van der Waals surface area contributed by atoms with E-state index in [4.69, 9.17) is 9.73 Å². The van der Waals surface area contributed by atoms with Gasteiger partial charge < -0.3 is 4.74 Å². The number of rotatable bonds is 6. The maximum Gasteiger partial charge on any atom is 0.0736 e. The lowest BCUT2D eigenvalue weighted by atomic mass is 9.60. The van der Waals surface area contributed by atoms with Gasteiger partial charge in [-0.25, -0.2) is 0 Å². The first-order valence-electron chi connectivity index (χ1n) is 12.4. The van der Waals surface area contributed by atoms with E-state index in [1.165, 1.54) is 28.0 Å². The Morgan fingerprint density at radius 3 is 1.97 bits per heavy atom. The fourth-order valence-electron chi connectivity index (χ4n) is 6.92. The molecule has 0 saturated heterocycles. The molecule has 0 aromatic heterocycles. The SMILES string of the molecule is COC(C)(C)[C@]12CC[C@H](CC1=Nc1ccccc1P(c1ccccc1)c1ccccc1)C2(C)C. The van der Waals surface area contributed by atoms with Crippen LogP contribution in [0.2, 0.25) is 0 Å². The maximum atomic E-state index is 6.19. The number of hydrogen-bond donors (Lipinski definition) is 0. The second kappa shape index (κ2) is 8.74. The molecule has 2 saturated carbocycles. The van der Waals surface area contributed by atoms with E-state index in [0.717, 1.165) is 18.5 Å². The molecule has 2 atom stereocenters. The molecule has 0 unspecified atom stereocenters. The zero-order valence-corrected chi connectivity index (χ0v) is 22.0. The van der Waals surface area contributed by atoms with Gasteiger partial charge >= 0.3 is 0 Å². The normalized spacial score (nSPS) is 24.8. The third-order valence-electron chi connectivity index (χ3n) is 8.87. The number of para-hydroxylation sites is 1. The van der Waals surface area contributed by atoms with Gasteiger partial charge in [0.2, 0.25) is 0 Å². The van der Waals surface area contributed by atoms with Gasteiger partial charge in [-0.3, -0.25) is 4.99 Å². The Balaban J connectivity index is 1.68. The molecule has 0 radical (unpaired) electrons. The van der Waals surface area contributed by atoms with E-state index in [0.29, 0.717) is 5.92 Å². The maximum absolute atomic E-state index is 6.19. The van der Waals surface area contributed by atoms with Crippen LogP contribution in [0.4, 0.5) is 5.69 Å². The third-order valence-corrected chi connectivity index (χ3v) is 11.4. The van der Waals surface area contributed by atoms with Gasteiger partial charge in [0.25, 0.3) is 0 Å². The molecule has 2 fully saturated rings. The monoisotopic (exact) mass is 469 g/mol. The predicted molar refractivity (Wildman–Crippen MR) is 147 cm³/mol. The molecule has 0 spiro atoms. The molecule has 3 aromatic rings. The van der Waals surface area contributed by atoms with E-state index >= 15 is 0 Å². The molecule has 34 heavy (non-hydrogen) atoms. The van der Waals surface area contributed by atoms with Crippen LogP contribution in [-0.2, 0) is 4.74 Å². The standard InChI is InChI=1S/C31H36NOP/c1-29(2)23-20-21-31(29,30(3,4)33-5)28(22-23)32-26-18-12-13-19-27(26)34(24-14-8-6-9-15-24)25-16-10-7-11-17-25/h6-19,23H,20-22H2,1-5H3/t23-,31-/m1/s1. The summed E-state index contributed by atoms with van der Waals surface area (Å²) in [7, 11) is 1.16. The molecule has 3 heteroatoms. The average molecular weight is 470 g/mol. The molecule has 2 aliphatic rings. The van der Waals surface area contributed by atoms with Crippen LogP contribution in [0, 0.1) is 16.7 Å². The van der Waals surface area contributed by atoms with E-state index in [1.807, 2.05) is 7.11 Å². The Hall–Kier alpha value is -2.28. The molecular weight excluding hydrogens is 433 g/mol. The Morgan fingerprint density at radius 2 is 1.41 bits per heavy atom. The zero-order valence-electron chi connectivity index (χ0n) is 21.1. The Bertz CT molecular complexity index is 1140. The number of fused-ring (bicyclic) bond motifs is 2. The summed E-state index contributed by atoms with van der Waals surface area (Å²) in [4.78, 5) is 5.55. The smallest absolute Gasteiger partial charge is 0.0736 e. The van der Waals surface area contributed by atoms with Gasteiger partial charge in [-0.05, 0) is 69.0 Å². The molecule has 176 valence electrons. The first-order valence-corrected chi connectivity index (χ1v) is 13.8. The fourth-order valence-corrected chi connectivity index (χ4v) is 9.30. The van der Waals surface area contributed by atoms with E-state index in [-0.39, 0.29) is 16.4 Å². The highest BCUT2D eigenvalue weighted by Gasteiger charge is 2.68. The summed E-state index contributed by atoms with van der Waals surface area (Å²) >= 11 is 0. The molecule has 3 aromatic carbocycles. The molecule has 2 bridgehead atoms. The summed E-state index contributed by atoms with van der Waals surface area (Å²) in [5, 5.41) is 4.04. The van der Waals surface area contributed by atoms with Crippen molar-refractivity contribution in [2.45, 2.75) is 52.6 Å². The lowest BCUT2D eigenvalue weighted by Gasteiger charge is -2.49. The highest BCUT2D eigenvalue weighted by atomic mass is 31.1. The predicted octanol–water partition coefficient (Wildman–Crippen LogP) is 6.77. The van der Waals surface area contributed by atoms with Crippen LogP contribution in [0.5, 0.6) is 0 Å². The van der Waals surface area contributed by atoms with Crippen LogP contribution >= 0.6 is 7.92 Å². The van der Waals surface area contributed by atoms with Crippen molar-refractivity contribution in [2.24, 2.45) is 21.7 Å². The van der Waals surface area contributed by atoms with Gasteiger partial charge in [-0.1, -0.05) is 92.7 Å². The quantitative estimate of drug-likeness (QED) is 0.365. The van der Waals surface area contributed by atoms with Gasteiger partial charge in [-0.15, -0.1) is 0 Å². The lowest BCUT2D eigenvalue weighted by molar-refractivity contribution is -0.0902. The highest BCUT2D eigenvalue weighted by molar-refractivity contribution is 7.80. The Labute approximate surface area is 206 Å². The van der Waals surface area contributed by atoms with E-state index in [9.17, 15) is 0 Å². The largest absolute Gasteiger partial charge is 0.378 e. The Morgan fingerprint density at radius 1 is 0.853 bits per heavy atom. The van der Waals surface area contributed by atoms with Crippen molar-refractivity contribution in [3.05, 3.63) is 84.9 Å². The van der Waals surface area contributed by atoms with Crippen molar-refractivity contribution >= 4 is 35.2 Å². The zero-order chi connectivity index (χ0) is 24.0. The first-order chi connectivity index (χ1) is 16.3. The molecule has 0 N–H and O–H groups in total. The fraction of sp³-hybridized carbons (Fsp3) is 0.387. The minimum atomic E-state index is -0.705. The van der Waals surface area contributed by atoms with Crippen LogP contribution in [0.1, 0.15) is 47.0 Å². The van der Waals surface area contributed by atoms with E-state index < -0.39 is 7.92 Å². The number of aliphatic imine (C=N–C) groups is 1. The summed E-state index contributed by atoms with van der Waals surface area (Å²) in [6.45, 7) is 9.43. The molecule has 0 aliphatic heterocycles. The molecule has 5 rings (SSSR count). The summed E-state index contributed by atoms with van der Waals surface area (Å²) in [6, 6.07) is 30.7. The third kappa shape index (κ3) is 3.50. The first kappa shape index (κ1) is 23.5. The van der Waals surface area contributed by atoms with Gasteiger partial charge in [0.15, 0.2) is 0 Å². The summed E-state index contributed by atoms with van der Waals surface area (Å²) in [6.07, 6.45) is 3.49. The van der Waals surface area contributed by atoms with Crippen LogP contribution in [0.15, 0.2) is 89.9 Å². The second-order valence-electron chi connectivity index (χ2n) is 10.8. The minimum absolute atomic E-state index is 0.0468. The van der Waals surface area contributed by atoms with Gasteiger partial charge in [0, 0.05) is 23.5 Å². The lowest BCUT2D eigenvalue weighted by Crippen LogP contribution is -2.53. The van der Waals surface area contributed by atoms with Crippen molar-refractivity contribution in [3.63, 3.8) is 0 Å². The highest BCUT2D eigenvalue weighted by Crippen LogP contribution is 2.69. The summed E-state index contributed by atoms with van der Waals surface area (Å²) in [5.41, 5.74) is 2.31. The Kier molecular flexibility index (Phi) is 6.03. The van der Waals surface area contributed by atoms with Crippen molar-refractivity contribution in [2.75, 3.05) is 7.11 Å². The number of ether oxygens (including phenoxy) is 1. The van der Waals surface area contributed by atoms with Gasteiger partial charge in [-0.2, -0.15) is 0 Å². The van der Waals surface area contributed by atoms with Crippen molar-refractivity contribution < 1.29 is 4.74 Å². The number of methoxy groups -OCH3 is 1. The molecule has 0 amide bonds. The molecule has 2 nitrogen and oxygen atoms in total. The van der Waals surface area contributed by atoms with Crippen LogP contribution in [0.3, 0.4) is 0 Å². The van der Waals surface area contributed by atoms with Crippen LogP contribution in [-0.4, -0.2) is 18.4 Å². The summed E-state index contributed by atoms with van der Waals surface area (Å²) < 4.78 is 6.19. The van der Waals surface area contributed by atoms with Crippen molar-refractivity contribution in [3.8, 4) is 0 Å². The average Bonchev–Trinajstić information content (AvgIpc) is 3.24. The van der Waals surface area contributed by atoms with Crippen molar-refractivity contribution in [1.82, 2.24) is 0 Å². The topological polar surface area (TPSA) is 21.6 Å². The van der Waals surface area contributed by atoms with Gasteiger partial charge in [0.1, 0.15) is 0 Å². The van der Waals surface area contributed by atoms with Crippen LogP contribution in [0.25, 0.3) is 0 Å². The molecule has 0 heterocycles. The number of nitrogens with zero attached hydrogens (tertiary/aromatic N) is 1. The van der Waals surface area contributed by atoms with E-state index in [1.54, 1.807) is 0 Å². The minimum Gasteiger partial charge on any atom is -0.378 e. The van der Waals surface area contributed by atoms with Gasteiger partial charge in [0.05, 0.1) is 11.3 Å². The van der Waals surface area contributed by atoms with Crippen molar-refractivity contribution in [1.29, 1.82) is 0 Å². The van der Waals surface area contributed by atoms with Crippen LogP contribution < -0.4 is 15.9 Å².